The summed E-state index contributed by atoms with van der Waals surface area (Å²) >= 11 is 0. The predicted octanol–water partition coefficient (Wildman–Crippen LogP) is 3.98. The molecular weight excluding hydrogens is 572 g/mol. The van der Waals surface area contributed by atoms with Gasteiger partial charge in [-0.05, 0) is 15.4 Å². The van der Waals surface area contributed by atoms with Crippen molar-refractivity contribution in [3.05, 3.63) is 85.7 Å². The minimum absolute atomic E-state index is 0.196. The first-order valence-corrected chi connectivity index (χ1v) is 16.8. The maximum Gasteiger partial charge on any atom is 0.261 e. The van der Waals surface area contributed by atoms with E-state index in [1.54, 1.807) is 6.34 Å². The number of fused-ring (bicyclic) bond motifs is 1. The molecule has 5 rings (SSSR count). The topological polar surface area (TPSA) is 107 Å². The van der Waals surface area contributed by atoms with Gasteiger partial charge in [-0.1, -0.05) is 88.0 Å². The van der Waals surface area contributed by atoms with Crippen LogP contribution in [0.1, 0.15) is 39.2 Å². The van der Waals surface area contributed by atoms with Gasteiger partial charge in [0, 0.05) is 26.9 Å². The van der Waals surface area contributed by atoms with Crippen molar-refractivity contribution in [2.75, 3.05) is 27.3 Å². The Morgan fingerprint density at radius 1 is 1.09 bits per heavy atom. The number of ether oxygens (including phenoxy) is 2. The second kappa shape index (κ2) is 13.4. The molecule has 1 saturated heterocycles. The van der Waals surface area contributed by atoms with E-state index in [2.05, 4.69) is 90.8 Å². The minimum atomic E-state index is -2.81. The molecule has 1 unspecified atom stereocenters. The normalized spacial score (nSPS) is 19.1. The molecule has 4 aromatic rings. The van der Waals surface area contributed by atoms with E-state index in [-0.39, 0.29) is 11.6 Å². The number of aliphatic hydroxyl groups excluding tert-OH is 1. The van der Waals surface area contributed by atoms with Crippen LogP contribution in [0.4, 0.5) is 5.82 Å². The van der Waals surface area contributed by atoms with E-state index in [9.17, 15) is 5.11 Å². The highest BCUT2D eigenvalue weighted by atomic mass is 28.4. The maximum atomic E-state index is 11.4. The van der Waals surface area contributed by atoms with Gasteiger partial charge in [0.05, 0.1) is 31.9 Å². The van der Waals surface area contributed by atoms with Crippen LogP contribution in [0.15, 0.2) is 84.8 Å². The molecule has 2 aromatic heterocycles. The van der Waals surface area contributed by atoms with Crippen molar-refractivity contribution < 1.29 is 19.0 Å². The average Bonchev–Trinajstić information content (AvgIpc) is 3.56. The summed E-state index contributed by atoms with van der Waals surface area (Å²) in [6.07, 6.45) is 3.59. The Balaban J connectivity index is 1.48. The van der Waals surface area contributed by atoms with E-state index < -0.39 is 26.8 Å². The molecule has 0 aliphatic carbocycles. The minimum Gasteiger partial charge on any atom is -0.501 e. The third-order valence-corrected chi connectivity index (χ3v) is 12.9. The highest BCUT2D eigenvalue weighted by Crippen LogP contribution is 2.39. The largest absolute Gasteiger partial charge is 0.501 e. The summed E-state index contributed by atoms with van der Waals surface area (Å²) in [4.78, 5) is 20.1. The van der Waals surface area contributed by atoms with Gasteiger partial charge in [-0.15, -0.1) is 0 Å². The van der Waals surface area contributed by atoms with E-state index in [4.69, 9.17) is 18.9 Å². The molecule has 1 aliphatic heterocycles. The lowest BCUT2D eigenvalue weighted by Gasteiger charge is -2.43. The van der Waals surface area contributed by atoms with E-state index in [0.29, 0.717) is 42.3 Å². The highest BCUT2D eigenvalue weighted by molar-refractivity contribution is 6.99. The van der Waals surface area contributed by atoms with E-state index in [1.165, 1.54) is 23.0 Å². The number of hydrogen-bond acceptors (Lipinski definition) is 8. The van der Waals surface area contributed by atoms with Crippen LogP contribution in [0, 0.1) is 0 Å². The molecule has 10 nitrogen and oxygen atoms in total. The molecular formula is C33H42N6O4Si. The molecule has 3 atom stereocenters. The Labute approximate surface area is 260 Å². The third kappa shape index (κ3) is 6.32. The fourth-order valence-corrected chi connectivity index (χ4v) is 10.5. The van der Waals surface area contributed by atoms with E-state index >= 15 is 0 Å². The summed E-state index contributed by atoms with van der Waals surface area (Å²) in [5, 5.41) is 13.5. The molecule has 1 aliphatic rings. The van der Waals surface area contributed by atoms with Gasteiger partial charge < -0.3 is 23.9 Å². The Morgan fingerprint density at radius 2 is 1.75 bits per heavy atom. The van der Waals surface area contributed by atoms with Gasteiger partial charge in [-0.2, -0.15) is 0 Å². The molecule has 0 spiro atoms. The second-order valence-electron chi connectivity index (χ2n) is 12.2. The molecule has 0 radical (unpaired) electrons. The number of imidazole rings is 1. The van der Waals surface area contributed by atoms with Gasteiger partial charge in [-0.3, -0.25) is 4.57 Å². The Bertz CT molecular complexity index is 1530. The van der Waals surface area contributed by atoms with Crippen molar-refractivity contribution in [1.82, 2.24) is 24.4 Å². The highest BCUT2D eigenvalue weighted by Gasteiger charge is 2.51. The summed E-state index contributed by atoms with van der Waals surface area (Å²) < 4.78 is 21.1. The molecule has 11 heteroatoms. The fraction of sp³-hybridized carbons (Fsp3) is 0.394. The van der Waals surface area contributed by atoms with Crippen molar-refractivity contribution >= 4 is 42.0 Å². The van der Waals surface area contributed by atoms with Crippen molar-refractivity contribution in [3.63, 3.8) is 0 Å². The number of nitrogens with zero attached hydrogens (tertiary/aromatic N) is 6. The van der Waals surface area contributed by atoms with Gasteiger partial charge >= 0.3 is 0 Å². The van der Waals surface area contributed by atoms with E-state index in [1.807, 2.05) is 35.7 Å². The van der Waals surface area contributed by atoms with Crippen LogP contribution in [-0.2, 0) is 20.3 Å². The second-order valence-corrected chi connectivity index (χ2v) is 16.5. The Kier molecular flexibility index (Phi) is 9.59. The first kappa shape index (κ1) is 31.5. The van der Waals surface area contributed by atoms with Crippen LogP contribution in [0.3, 0.4) is 0 Å². The lowest BCUT2D eigenvalue weighted by Crippen LogP contribution is -2.67. The molecule has 0 amide bonds. The standard InChI is InChI=1S/C33H42N6O4Si/c1-7-41-19-18-28-37-30-31(36-23-38(5)6)34-22-35-32(30)39(28)29-20-26(40)27(43-29)21-42-44(33(2,3)4,24-14-10-8-11-15-24)25-16-12-9-13-17-25/h7-17,22-23,26-27,29,40H,1,18-21H2,2-6H3/t26?,27-,29-/m1/s1. The zero-order valence-electron chi connectivity index (χ0n) is 26.1. The summed E-state index contributed by atoms with van der Waals surface area (Å²) in [5.74, 6) is 1.16. The van der Waals surface area contributed by atoms with Crippen LogP contribution in [-0.4, -0.2) is 83.7 Å². The fourth-order valence-electron chi connectivity index (χ4n) is 5.91. The molecule has 1 fully saturated rings. The summed E-state index contributed by atoms with van der Waals surface area (Å²) in [7, 11) is 0.967. The van der Waals surface area contributed by atoms with Crippen molar-refractivity contribution in [2.45, 2.75) is 57.1 Å². The van der Waals surface area contributed by atoms with Gasteiger partial charge in [0.2, 0.25) is 0 Å². The van der Waals surface area contributed by atoms with Gasteiger partial charge in [0.1, 0.15) is 24.5 Å². The SMILES string of the molecule is C=COCCc1nc2c(N=CN(C)C)ncnc2n1[C@H]1CC(O)[C@@H](CO[Si](c2ccccc2)(c2ccccc2)C(C)(C)C)O1. The summed E-state index contributed by atoms with van der Waals surface area (Å²) in [5.41, 5.74) is 1.15. The lowest BCUT2D eigenvalue weighted by atomic mass is 10.2. The molecule has 2 aromatic carbocycles. The summed E-state index contributed by atoms with van der Waals surface area (Å²) in [6.45, 7) is 11.0. The quantitative estimate of drug-likeness (QED) is 0.0840. The zero-order valence-corrected chi connectivity index (χ0v) is 27.1. The number of hydrogen-bond donors (Lipinski definition) is 1. The smallest absolute Gasteiger partial charge is 0.261 e. The number of benzene rings is 2. The van der Waals surface area contributed by atoms with Crippen molar-refractivity contribution in [1.29, 1.82) is 0 Å². The molecule has 0 bridgehead atoms. The number of rotatable bonds is 12. The van der Waals surface area contributed by atoms with Gasteiger partial charge in [0.15, 0.2) is 17.0 Å². The monoisotopic (exact) mass is 614 g/mol. The van der Waals surface area contributed by atoms with Crippen LogP contribution in [0.5, 0.6) is 0 Å². The number of aromatic nitrogens is 4. The van der Waals surface area contributed by atoms with Crippen LogP contribution >= 0.6 is 0 Å². The van der Waals surface area contributed by atoms with E-state index in [0.717, 1.165) is 0 Å². The first-order valence-electron chi connectivity index (χ1n) is 14.9. The lowest BCUT2D eigenvalue weighted by molar-refractivity contribution is -0.0408. The maximum absolute atomic E-state index is 11.4. The predicted molar refractivity (Wildman–Crippen MR) is 175 cm³/mol. The van der Waals surface area contributed by atoms with Crippen LogP contribution < -0.4 is 10.4 Å². The van der Waals surface area contributed by atoms with Crippen molar-refractivity contribution in [3.8, 4) is 0 Å². The van der Waals surface area contributed by atoms with Gasteiger partial charge in [0.25, 0.3) is 8.32 Å². The molecule has 44 heavy (non-hydrogen) atoms. The average molecular weight is 615 g/mol. The zero-order chi connectivity index (χ0) is 31.3. The molecule has 3 heterocycles. The van der Waals surface area contributed by atoms with Gasteiger partial charge in [-0.25, -0.2) is 19.9 Å². The number of aliphatic hydroxyl groups is 1. The van der Waals surface area contributed by atoms with Crippen molar-refractivity contribution in [2.24, 2.45) is 4.99 Å². The first-order chi connectivity index (χ1) is 21.2. The molecule has 1 N–H and O–H groups in total. The van der Waals surface area contributed by atoms with Crippen LogP contribution in [0.2, 0.25) is 5.04 Å². The van der Waals surface area contributed by atoms with Crippen LogP contribution in [0.25, 0.3) is 11.2 Å². The third-order valence-electron chi connectivity index (χ3n) is 7.88. The molecule has 232 valence electrons. The number of aliphatic imine (C=N–C) groups is 1. The Hall–Kier alpha value is -3.90. The Morgan fingerprint density at radius 3 is 2.34 bits per heavy atom. The molecule has 0 saturated carbocycles. The summed E-state index contributed by atoms with van der Waals surface area (Å²) in [6, 6.07) is 20.9.